The smallest absolute Gasteiger partial charge is 0.258 e. The number of carbonyl (C=O) groups excluding carboxylic acids is 1. The molecule has 0 aromatic heterocycles. The van der Waals surface area contributed by atoms with Gasteiger partial charge in [0.2, 0.25) is 10.0 Å². The number of nitrogens with zero attached hydrogens (tertiary/aromatic N) is 2. The molecule has 3 rings (SSSR count). The summed E-state index contributed by atoms with van der Waals surface area (Å²) in [5.74, 6) is -0.190. The molecule has 0 spiro atoms. The lowest BCUT2D eigenvalue weighted by molar-refractivity contribution is 0.0988. The Bertz CT molecular complexity index is 948. The molecule has 2 aromatic rings. The van der Waals surface area contributed by atoms with Crippen molar-refractivity contribution in [3.05, 3.63) is 59.2 Å². The highest BCUT2D eigenvalue weighted by molar-refractivity contribution is 7.89. The predicted molar refractivity (Wildman–Crippen MR) is 108 cm³/mol. The summed E-state index contributed by atoms with van der Waals surface area (Å²) in [5.41, 5.74) is 3.33. The van der Waals surface area contributed by atoms with Crippen LogP contribution in [-0.4, -0.2) is 38.3 Å². The minimum absolute atomic E-state index is 0.187. The highest BCUT2D eigenvalue weighted by Gasteiger charge is 2.28. The van der Waals surface area contributed by atoms with E-state index in [2.05, 4.69) is 0 Å². The Balaban J connectivity index is 1.96. The van der Waals surface area contributed by atoms with Gasteiger partial charge in [-0.1, -0.05) is 18.2 Å². The molecule has 1 aliphatic rings. The Hall–Kier alpha value is -2.18. The molecule has 0 bridgehead atoms. The quantitative estimate of drug-likeness (QED) is 0.786. The van der Waals surface area contributed by atoms with Crippen molar-refractivity contribution in [1.29, 1.82) is 0 Å². The SMILES string of the molecule is CCN(C(=O)c1cccc(S(=O)(=O)N2CCCC2)c1)c1cc(C)ccc1C. The number of hydrogen-bond acceptors (Lipinski definition) is 3. The lowest BCUT2D eigenvalue weighted by Gasteiger charge is -2.24. The molecular formula is C21H26N2O3S. The van der Waals surface area contributed by atoms with Crippen LogP contribution in [0.15, 0.2) is 47.4 Å². The Morgan fingerprint density at radius 3 is 2.44 bits per heavy atom. The molecule has 1 amide bonds. The zero-order chi connectivity index (χ0) is 19.6. The van der Waals surface area contributed by atoms with Crippen LogP contribution < -0.4 is 4.90 Å². The monoisotopic (exact) mass is 386 g/mol. The van der Waals surface area contributed by atoms with Crippen LogP contribution >= 0.6 is 0 Å². The van der Waals surface area contributed by atoms with Crippen molar-refractivity contribution >= 4 is 21.6 Å². The van der Waals surface area contributed by atoms with Crippen molar-refractivity contribution in [3.63, 3.8) is 0 Å². The number of aryl methyl sites for hydroxylation is 2. The Labute approximate surface area is 161 Å². The first-order valence-electron chi connectivity index (χ1n) is 9.34. The van der Waals surface area contributed by atoms with Crippen LogP contribution in [-0.2, 0) is 10.0 Å². The van der Waals surface area contributed by atoms with Gasteiger partial charge in [-0.05, 0) is 69.0 Å². The molecule has 1 fully saturated rings. The van der Waals surface area contributed by atoms with Crippen molar-refractivity contribution in [2.24, 2.45) is 0 Å². The fourth-order valence-corrected chi connectivity index (χ4v) is 5.02. The summed E-state index contributed by atoms with van der Waals surface area (Å²) in [6.45, 7) is 7.48. The summed E-state index contributed by atoms with van der Waals surface area (Å²) >= 11 is 0. The summed E-state index contributed by atoms with van der Waals surface area (Å²) < 4.78 is 27.1. The Morgan fingerprint density at radius 2 is 1.78 bits per heavy atom. The molecule has 1 aliphatic heterocycles. The van der Waals surface area contributed by atoms with E-state index >= 15 is 0 Å². The van der Waals surface area contributed by atoms with E-state index in [1.807, 2.05) is 39.0 Å². The highest BCUT2D eigenvalue weighted by atomic mass is 32.2. The summed E-state index contributed by atoms with van der Waals surface area (Å²) in [4.78, 5) is 15.0. The van der Waals surface area contributed by atoms with Gasteiger partial charge in [-0.3, -0.25) is 4.79 Å². The van der Waals surface area contributed by atoms with Crippen LogP contribution in [0.2, 0.25) is 0 Å². The molecule has 2 aromatic carbocycles. The van der Waals surface area contributed by atoms with Gasteiger partial charge in [0.25, 0.3) is 5.91 Å². The second kappa shape index (κ2) is 7.82. The van der Waals surface area contributed by atoms with Crippen LogP contribution in [0.25, 0.3) is 0 Å². The third-order valence-electron chi connectivity index (χ3n) is 5.00. The zero-order valence-corrected chi connectivity index (χ0v) is 16.9. The summed E-state index contributed by atoms with van der Waals surface area (Å²) in [6, 6.07) is 12.4. The lowest BCUT2D eigenvalue weighted by atomic mass is 10.1. The van der Waals surface area contributed by atoms with E-state index in [-0.39, 0.29) is 10.8 Å². The minimum atomic E-state index is -3.54. The molecule has 1 heterocycles. The van der Waals surface area contributed by atoms with Crippen LogP contribution in [0.3, 0.4) is 0 Å². The molecule has 0 saturated carbocycles. The van der Waals surface area contributed by atoms with Gasteiger partial charge in [-0.2, -0.15) is 4.31 Å². The fraction of sp³-hybridized carbons (Fsp3) is 0.381. The number of sulfonamides is 1. The van der Waals surface area contributed by atoms with E-state index < -0.39 is 10.0 Å². The van der Waals surface area contributed by atoms with Crippen molar-refractivity contribution < 1.29 is 13.2 Å². The van der Waals surface area contributed by atoms with Gasteiger partial charge < -0.3 is 4.90 Å². The topological polar surface area (TPSA) is 57.7 Å². The number of hydrogen-bond donors (Lipinski definition) is 0. The van der Waals surface area contributed by atoms with E-state index in [9.17, 15) is 13.2 Å². The van der Waals surface area contributed by atoms with Crippen LogP contribution in [0.1, 0.15) is 41.3 Å². The van der Waals surface area contributed by atoms with Crippen molar-refractivity contribution in [2.45, 2.75) is 38.5 Å². The Morgan fingerprint density at radius 1 is 1.07 bits per heavy atom. The molecular weight excluding hydrogens is 360 g/mol. The molecule has 5 nitrogen and oxygen atoms in total. The summed E-state index contributed by atoms with van der Waals surface area (Å²) in [5, 5.41) is 0. The first kappa shape index (κ1) is 19.6. The minimum Gasteiger partial charge on any atom is -0.308 e. The molecule has 0 atom stereocenters. The number of anilines is 1. The fourth-order valence-electron chi connectivity index (χ4n) is 3.46. The van der Waals surface area contributed by atoms with Crippen molar-refractivity contribution in [1.82, 2.24) is 4.31 Å². The molecule has 0 radical (unpaired) electrons. The molecule has 1 saturated heterocycles. The first-order valence-corrected chi connectivity index (χ1v) is 10.8. The predicted octanol–water partition coefficient (Wildman–Crippen LogP) is 3.75. The van der Waals surface area contributed by atoms with E-state index in [1.54, 1.807) is 23.1 Å². The van der Waals surface area contributed by atoms with Gasteiger partial charge in [0.15, 0.2) is 0 Å². The lowest BCUT2D eigenvalue weighted by Crippen LogP contribution is -2.32. The van der Waals surface area contributed by atoms with E-state index in [1.165, 1.54) is 10.4 Å². The molecule has 144 valence electrons. The normalized spacial score (nSPS) is 15.1. The van der Waals surface area contributed by atoms with Crippen LogP contribution in [0.4, 0.5) is 5.69 Å². The average Bonchev–Trinajstić information content (AvgIpc) is 3.21. The molecule has 0 aliphatic carbocycles. The highest BCUT2D eigenvalue weighted by Crippen LogP contribution is 2.25. The average molecular weight is 387 g/mol. The van der Waals surface area contributed by atoms with Crippen LogP contribution in [0.5, 0.6) is 0 Å². The molecule has 0 N–H and O–H groups in total. The van der Waals surface area contributed by atoms with Gasteiger partial charge in [0, 0.05) is 30.9 Å². The molecule has 6 heteroatoms. The zero-order valence-electron chi connectivity index (χ0n) is 16.1. The standard InChI is InChI=1S/C21H26N2O3S/c1-4-23(20-14-16(2)10-11-17(20)3)21(24)18-8-7-9-19(15-18)27(25,26)22-12-5-6-13-22/h7-11,14-15H,4-6,12-13H2,1-3H3. The summed E-state index contributed by atoms with van der Waals surface area (Å²) in [7, 11) is -3.54. The van der Waals surface area contributed by atoms with Gasteiger partial charge in [-0.25, -0.2) is 8.42 Å². The second-order valence-corrected chi connectivity index (χ2v) is 8.92. The van der Waals surface area contributed by atoms with Gasteiger partial charge in [-0.15, -0.1) is 0 Å². The first-order chi connectivity index (χ1) is 12.8. The second-order valence-electron chi connectivity index (χ2n) is 6.98. The van der Waals surface area contributed by atoms with Gasteiger partial charge in [0.05, 0.1) is 4.90 Å². The molecule has 0 unspecified atom stereocenters. The van der Waals surface area contributed by atoms with E-state index in [4.69, 9.17) is 0 Å². The maximum Gasteiger partial charge on any atom is 0.258 e. The molecule has 27 heavy (non-hydrogen) atoms. The van der Waals surface area contributed by atoms with E-state index in [0.717, 1.165) is 29.7 Å². The van der Waals surface area contributed by atoms with Crippen LogP contribution in [0, 0.1) is 13.8 Å². The Kier molecular flexibility index (Phi) is 5.67. The van der Waals surface area contributed by atoms with Crippen molar-refractivity contribution in [2.75, 3.05) is 24.5 Å². The largest absolute Gasteiger partial charge is 0.308 e. The number of rotatable bonds is 5. The van der Waals surface area contributed by atoms with Gasteiger partial charge >= 0.3 is 0 Å². The number of carbonyl (C=O) groups is 1. The summed E-state index contributed by atoms with van der Waals surface area (Å²) in [6.07, 6.45) is 1.77. The third-order valence-corrected chi connectivity index (χ3v) is 6.90. The maximum absolute atomic E-state index is 13.2. The maximum atomic E-state index is 13.2. The number of benzene rings is 2. The van der Waals surface area contributed by atoms with Gasteiger partial charge in [0.1, 0.15) is 0 Å². The van der Waals surface area contributed by atoms with E-state index in [0.29, 0.717) is 25.2 Å². The third kappa shape index (κ3) is 3.92. The number of amides is 1. The van der Waals surface area contributed by atoms with Crippen molar-refractivity contribution in [3.8, 4) is 0 Å².